The predicted octanol–water partition coefficient (Wildman–Crippen LogP) is 5.24. The van der Waals surface area contributed by atoms with Crippen molar-refractivity contribution < 1.29 is 23.8 Å². The minimum atomic E-state index is -0.720. The number of nitrogens with zero attached hydrogens (tertiary/aromatic N) is 2. The number of pyridine rings is 1. The lowest BCUT2D eigenvalue weighted by atomic mass is 9.93. The minimum Gasteiger partial charge on any atom is -0.504 e. The molecule has 0 spiro atoms. The lowest BCUT2D eigenvalue weighted by Gasteiger charge is -2.34. The van der Waals surface area contributed by atoms with Crippen LogP contribution in [0.25, 0.3) is 10.9 Å². The zero-order valence-corrected chi connectivity index (χ0v) is 23.4. The van der Waals surface area contributed by atoms with E-state index >= 15 is 4.39 Å². The number of carbonyl (C=O) groups is 2. The Morgan fingerprint density at radius 3 is 2.55 bits per heavy atom. The third kappa shape index (κ3) is 5.66. The number of aryl methyl sites for hydroxylation is 1. The van der Waals surface area contributed by atoms with Crippen molar-refractivity contribution in [3.05, 3.63) is 68.2 Å². The number of nitrogens with one attached hydrogen (secondary N) is 1. The topological polar surface area (TPSA) is 101 Å². The summed E-state index contributed by atoms with van der Waals surface area (Å²) in [6.45, 7) is 5.10. The number of ether oxygens (including phenoxy) is 1. The molecular weight excluding hydrogens is 537 g/mol. The second-order valence-electron chi connectivity index (χ2n) is 10.7. The number of esters is 1. The number of rotatable bonds is 8. The summed E-state index contributed by atoms with van der Waals surface area (Å²) in [4.78, 5) is 40.2. The Kier molecular flexibility index (Phi) is 8.03. The van der Waals surface area contributed by atoms with Crippen molar-refractivity contribution in [2.75, 3.05) is 24.6 Å². The first-order valence-electron chi connectivity index (χ1n) is 13.7. The number of amides is 1. The van der Waals surface area contributed by atoms with Gasteiger partial charge in [0.15, 0.2) is 11.6 Å². The third-order valence-electron chi connectivity index (χ3n) is 7.84. The van der Waals surface area contributed by atoms with Crippen LogP contribution in [0.4, 0.5) is 10.1 Å². The number of phenolic OH excluding ortho intramolecular Hbond substituents is 1. The third-order valence-corrected chi connectivity index (χ3v) is 8.07. The number of benzene rings is 2. The van der Waals surface area contributed by atoms with Gasteiger partial charge in [0.1, 0.15) is 11.3 Å². The van der Waals surface area contributed by atoms with E-state index in [9.17, 15) is 19.5 Å². The molecule has 1 aromatic heterocycles. The zero-order valence-electron chi connectivity index (χ0n) is 22.6. The number of piperidine rings is 1. The molecule has 0 radical (unpaired) electrons. The number of aromatic nitrogens is 1. The largest absolute Gasteiger partial charge is 0.504 e. The van der Waals surface area contributed by atoms with E-state index in [1.807, 2.05) is 13.0 Å². The molecule has 3 aromatic rings. The molecule has 2 heterocycles. The summed E-state index contributed by atoms with van der Waals surface area (Å²) in [6, 6.07) is 6.49. The van der Waals surface area contributed by atoms with Crippen molar-refractivity contribution in [3.63, 3.8) is 0 Å². The number of anilines is 1. The zero-order chi connectivity index (χ0) is 28.6. The summed E-state index contributed by atoms with van der Waals surface area (Å²) < 4.78 is 22.3. The maximum atomic E-state index is 15.5. The van der Waals surface area contributed by atoms with Crippen molar-refractivity contribution in [2.45, 2.75) is 58.5 Å². The first-order valence-corrected chi connectivity index (χ1v) is 14.1. The molecule has 5 rings (SSSR count). The first kappa shape index (κ1) is 28.0. The minimum absolute atomic E-state index is 0.00712. The van der Waals surface area contributed by atoms with Gasteiger partial charge in [-0.25, -0.2) is 4.39 Å². The molecule has 40 heavy (non-hydrogen) atoms. The van der Waals surface area contributed by atoms with E-state index in [2.05, 4.69) is 5.32 Å². The quantitative estimate of drug-likeness (QED) is 0.360. The molecular formula is C30H33ClFN3O5. The average Bonchev–Trinajstić information content (AvgIpc) is 3.75. The Morgan fingerprint density at radius 1 is 1.18 bits per heavy atom. The van der Waals surface area contributed by atoms with E-state index in [0.717, 1.165) is 30.0 Å². The van der Waals surface area contributed by atoms with Crippen LogP contribution in [0.1, 0.15) is 66.6 Å². The van der Waals surface area contributed by atoms with E-state index in [-0.39, 0.29) is 52.4 Å². The molecule has 2 N–H and O–H groups in total. The molecule has 2 aliphatic rings. The fourth-order valence-electron chi connectivity index (χ4n) is 5.51. The summed E-state index contributed by atoms with van der Waals surface area (Å²) in [5, 5.41) is 14.7. The highest BCUT2D eigenvalue weighted by molar-refractivity contribution is 6.30. The van der Waals surface area contributed by atoms with Gasteiger partial charge in [-0.05, 0) is 74.8 Å². The molecule has 2 fully saturated rings. The SMILES string of the molecule is CCOC(=O)CC1CCN(c2c(F)cc3c(=O)c(C(=O)NCc4ccc(Cl)cc4C)cn(C4CC4)c3c2O)CC1. The summed E-state index contributed by atoms with van der Waals surface area (Å²) >= 11 is 6.02. The number of carbonyl (C=O) groups excluding carboxylic acids is 2. The van der Waals surface area contributed by atoms with Crippen LogP contribution in [0.3, 0.4) is 0 Å². The molecule has 0 unspecified atom stereocenters. The van der Waals surface area contributed by atoms with Gasteiger partial charge < -0.3 is 24.6 Å². The van der Waals surface area contributed by atoms with Crippen molar-refractivity contribution in [2.24, 2.45) is 5.92 Å². The molecule has 1 saturated carbocycles. The number of halogens is 2. The van der Waals surface area contributed by atoms with Gasteiger partial charge in [0.25, 0.3) is 5.91 Å². The van der Waals surface area contributed by atoms with E-state index < -0.39 is 17.2 Å². The van der Waals surface area contributed by atoms with Gasteiger partial charge in [0.05, 0.1) is 17.5 Å². The number of aromatic hydroxyl groups is 1. The Hall–Kier alpha value is -3.59. The highest BCUT2D eigenvalue weighted by Crippen LogP contribution is 2.44. The van der Waals surface area contributed by atoms with Crippen LogP contribution in [-0.4, -0.2) is 41.2 Å². The molecule has 1 amide bonds. The Balaban J connectivity index is 1.43. The normalized spacial score (nSPS) is 15.8. The van der Waals surface area contributed by atoms with E-state index in [1.54, 1.807) is 28.5 Å². The fourth-order valence-corrected chi connectivity index (χ4v) is 5.73. The van der Waals surface area contributed by atoms with Gasteiger partial charge >= 0.3 is 5.97 Å². The molecule has 0 bridgehead atoms. The fraction of sp³-hybridized carbons (Fsp3) is 0.433. The first-order chi connectivity index (χ1) is 19.2. The van der Waals surface area contributed by atoms with Crippen LogP contribution in [0, 0.1) is 18.7 Å². The molecule has 8 nitrogen and oxygen atoms in total. The molecule has 212 valence electrons. The average molecular weight is 570 g/mol. The molecule has 0 atom stereocenters. The standard InChI is InChI=1S/C30H33ClFN3O5/c1-3-40-25(36)13-18-8-10-34(11-9-18)27-24(32)14-22-26(29(27)38)35(21-6-7-21)16-23(28(22)37)30(39)33-15-19-4-5-20(31)12-17(19)2/h4-5,12,14,16,18,21,38H,3,6-11,13,15H2,1-2H3,(H,33,39). The van der Waals surface area contributed by atoms with E-state index in [4.69, 9.17) is 16.3 Å². The number of hydrogen-bond acceptors (Lipinski definition) is 6. The Morgan fingerprint density at radius 2 is 1.90 bits per heavy atom. The van der Waals surface area contributed by atoms with Crippen LogP contribution in [0.5, 0.6) is 5.75 Å². The number of hydrogen-bond donors (Lipinski definition) is 2. The summed E-state index contributed by atoms with van der Waals surface area (Å²) in [5.74, 6) is -1.70. The second-order valence-corrected chi connectivity index (χ2v) is 11.1. The van der Waals surface area contributed by atoms with Gasteiger partial charge in [-0.15, -0.1) is 0 Å². The monoisotopic (exact) mass is 569 g/mol. The smallest absolute Gasteiger partial charge is 0.306 e. The van der Waals surface area contributed by atoms with Crippen molar-refractivity contribution >= 4 is 40.1 Å². The van der Waals surface area contributed by atoms with Crippen molar-refractivity contribution in [3.8, 4) is 5.75 Å². The molecule has 2 aromatic carbocycles. The van der Waals surface area contributed by atoms with Gasteiger partial charge in [0, 0.05) is 43.3 Å². The van der Waals surface area contributed by atoms with Crippen molar-refractivity contribution in [1.82, 2.24) is 9.88 Å². The Bertz CT molecular complexity index is 1530. The van der Waals surface area contributed by atoms with Gasteiger partial charge in [-0.2, -0.15) is 0 Å². The van der Waals surface area contributed by atoms with Crippen LogP contribution in [0.2, 0.25) is 5.02 Å². The van der Waals surface area contributed by atoms with Gasteiger partial charge in [-0.3, -0.25) is 14.4 Å². The second kappa shape index (κ2) is 11.5. The van der Waals surface area contributed by atoms with Gasteiger partial charge in [0.2, 0.25) is 5.43 Å². The predicted molar refractivity (Wildman–Crippen MR) is 152 cm³/mol. The van der Waals surface area contributed by atoms with E-state index in [0.29, 0.717) is 44.0 Å². The molecule has 10 heteroatoms. The van der Waals surface area contributed by atoms with Crippen LogP contribution in [-0.2, 0) is 16.1 Å². The lowest BCUT2D eigenvalue weighted by molar-refractivity contribution is -0.144. The number of phenols is 1. The van der Waals surface area contributed by atoms with Crippen molar-refractivity contribution in [1.29, 1.82) is 0 Å². The number of fused-ring (bicyclic) bond motifs is 1. The molecule has 1 aliphatic carbocycles. The van der Waals surface area contributed by atoms with Gasteiger partial charge in [-0.1, -0.05) is 17.7 Å². The van der Waals surface area contributed by atoms with Crippen LogP contribution in [0.15, 0.2) is 35.3 Å². The Labute approximate surface area is 236 Å². The lowest BCUT2D eigenvalue weighted by Crippen LogP contribution is -2.35. The summed E-state index contributed by atoms with van der Waals surface area (Å²) in [5.41, 5.74) is 1.32. The summed E-state index contributed by atoms with van der Waals surface area (Å²) in [7, 11) is 0. The highest BCUT2D eigenvalue weighted by atomic mass is 35.5. The maximum absolute atomic E-state index is 15.5. The van der Waals surface area contributed by atoms with Crippen LogP contribution < -0.4 is 15.6 Å². The maximum Gasteiger partial charge on any atom is 0.306 e. The highest BCUT2D eigenvalue weighted by Gasteiger charge is 2.32. The molecule has 1 aliphatic heterocycles. The van der Waals surface area contributed by atoms with Crippen LogP contribution >= 0.6 is 11.6 Å². The summed E-state index contributed by atoms with van der Waals surface area (Å²) in [6.07, 6.45) is 4.76. The van der Waals surface area contributed by atoms with E-state index in [1.165, 1.54) is 6.20 Å². The molecule has 1 saturated heterocycles.